The van der Waals surface area contributed by atoms with Gasteiger partial charge in [-0.3, -0.25) is 19.9 Å². The van der Waals surface area contributed by atoms with Crippen LogP contribution in [0.4, 0.5) is 26.2 Å². The van der Waals surface area contributed by atoms with E-state index < -0.39 is 40.7 Å². The fourth-order valence-corrected chi connectivity index (χ4v) is 4.60. The van der Waals surface area contributed by atoms with Gasteiger partial charge in [0.05, 0.1) is 23.4 Å². The van der Waals surface area contributed by atoms with Crippen LogP contribution in [0.15, 0.2) is 72.9 Å². The largest absolute Gasteiger partial charge is 0.462 e. The summed E-state index contributed by atoms with van der Waals surface area (Å²) in [6.07, 6.45) is 1.58. The van der Waals surface area contributed by atoms with Gasteiger partial charge in [-0.25, -0.2) is 14.0 Å². The van der Waals surface area contributed by atoms with Crippen LogP contribution in [0.5, 0.6) is 11.5 Å². The second-order valence-corrected chi connectivity index (χ2v) is 11.7. The second kappa shape index (κ2) is 12.8. The smallest absolute Gasteiger partial charge is 0.412 e. The van der Waals surface area contributed by atoms with Crippen molar-refractivity contribution in [2.24, 2.45) is 5.41 Å². The third-order valence-corrected chi connectivity index (χ3v) is 7.03. The lowest BCUT2D eigenvalue weighted by Gasteiger charge is -2.20. The van der Waals surface area contributed by atoms with E-state index in [0.29, 0.717) is 46.6 Å². The first kappa shape index (κ1) is 31.9. The molecule has 1 aliphatic carbocycles. The van der Waals surface area contributed by atoms with E-state index in [0.717, 1.165) is 0 Å². The lowest BCUT2D eigenvalue weighted by molar-refractivity contribution is -0.131. The van der Waals surface area contributed by atoms with E-state index in [2.05, 4.69) is 20.9 Å². The number of rotatable bonds is 9. The lowest BCUT2D eigenvalue weighted by atomic mass is 10.0. The first-order valence-corrected chi connectivity index (χ1v) is 14.6. The predicted molar refractivity (Wildman–Crippen MR) is 169 cm³/mol. The highest BCUT2D eigenvalue weighted by atomic mass is 19.1. The van der Waals surface area contributed by atoms with Crippen molar-refractivity contribution in [3.8, 4) is 11.5 Å². The van der Waals surface area contributed by atoms with Crippen LogP contribution in [0, 0.1) is 11.2 Å². The molecule has 3 amide bonds. The van der Waals surface area contributed by atoms with Gasteiger partial charge in [-0.15, -0.1) is 0 Å². The van der Waals surface area contributed by atoms with Gasteiger partial charge in [-0.2, -0.15) is 0 Å². The molecule has 1 aliphatic rings. The first-order valence-electron chi connectivity index (χ1n) is 14.6. The van der Waals surface area contributed by atoms with Crippen LogP contribution in [0.25, 0.3) is 10.9 Å². The standard InChI is InChI=1S/C34H33FN4O7/c1-5-44-29(40)25-18-24-26(19-27(25)39-32(43)46-33(2,3)4)36-17-14-28(24)45-23-12-10-22(11-13-23)38-31(42)34(15-16-34)30(41)37-21-8-6-20(35)7-9-21/h6-14,17-19H,5,15-16H2,1-4H3,(H,37,41)(H,38,42)(H,39,43). The summed E-state index contributed by atoms with van der Waals surface area (Å²) in [5.74, 6) is -1.16. The topological polar surface area (TPSA) is 145 Å². The molecule has 1 saturated carbocycles. The fraction of sp³-hybridized carbons (Fsp3) is 0.265. The molecule has 4 aromatic rings. The van der Waals surface area contributed by atoms with Crippen LogP contribution >= 0.6 is 0 Å². The van der Waals surface area contributed by atoms with E-state index in [1.807, 2.05) is 0 Å². The van der Waals surface area contributed by atoms with E-state index in [-0.39, 0.29) is 17.9 Å². The van der Waals surface area contributed by atoms with Crippen molar-refractivity contribution in [1.82, 2.24) is 4.98 Å². The van der Waals surface area contributed by atoms with Crippen LogP contribution < -0.4 is 20.7 Å². The molecule has 11 nitrogen and oxygen atoms in total. The third-order valence-electron chi connectivity index (χ3n) is 7.03. The number of anilines is 3. The van der Waals surface area contributed by atoms with Gasteiger partial charge >= 0.3 is 12.1 Å². The molecule has 1 aromatic heterocycles. The Hall–Kier alpha value is -5.52. The zero-order valence-electron chi connectivity index (χ0n) is 25.7. The van der Waals surface area contributed by atoms with E-state index in [1.54, 1.807) is 58.0 Å². The van der Waals surface area contributed by atoms with E-state index in [1.165, 1.54) is 42.6 Å². The Balaban J connectivity index is 1.31. The molecule has 5 rings (SSSR count). The number of fused-ring (bicyclic) bond motifs is 1. The van der Waals surface area contributed by atoms with Crippen molar-refractivity contribution < 1.29 is 37.8 Å². The number of carbonyl (C=O) groups is 4. The number of amides is 3. The Morgan fingerprint density at radius 2 is 1.48 bits per heavy atom. The van der Waals surface area contributed by atoms with Crippen molar-refractivity contribution in [3.63, 3.8) is 0 Å². The number of aromatic nitrogens is 1. The number of hydrogen-bond acceptors (Lipinski definition) is 8. The van der Waals surface area contributed by atoms with Crippen LogP contribution in [0.2, 0.25) is 0 Å². The Morgan fingerprint density at radius 3 is 2.04 bits per heavy atom. The fourth-order valence-electron chi connectivity index (χ4n) is 4.60. The Labute approximate surface area is 264 Å². The number of halogens is 1. The maximum Gasteiger partial charge on any atom is 0.412 e. The normalized spacial score (nSPS) is 13.3. The molecule has 1 heterocycles. The van der Waals surface area contributed by atoms with Crippen LogP contribution in [-0.2, 0) is 19.1 Å². The lowest BCUT2D eigenvalue weighted by Crippen LogP contribution is -2.35. The minimum Gasteiger partial charge on any atom is -0.462 e. The summed E-state index contributed by atoms with van der Waals surface area (Å²) in [6.45, 7) is 6.98. The number of nitrogens with one attached hydrogen (secondary N) is 3. The van der Waals surface area contributed by atoms with Gasteiger partial charge in [0.2, 0.25) is 11.8 Å². The van der Waals surface area contributed by atoms with Gasteiger partial charge in [-0.05, 0) is 107 Å². The first-order chi connectivity index (χ1) is 21.9. The van der Waals surface area contributed by atoms with Crippen molar-refractivity contribution in [1.29, 1.82) is 0 Å². The van der Waals surface area contributed by atoms with Crippen molar-refractivity contribution >= 4 is 51.8 Å². The summed E-state index contributed by atoms with van der Waals surface area (Å²) in [5, 5.41) is 8.56. The summed E-state index contributed by atoms with van der Waals surface area (Å²) < 4.78 is 29.9. The summed E-state index contributed by atoms with van der Waals surface area (Å²) in [6, 6.07) is 16.6. The number of carbonyl (C=O) groups excluding carboxylic acids is 4. The number of pyridine rings is 1. The van der Waals surface area contributed by atoms with Gasteiger partial charge in [0, 0.05) is 23.0 Å². The zero-order valence-corrected chi connectivity index (χ0v) is 25.7. The van der Waals surface area contributed by atoms with Gasteiger partial charge < -0.3 is 24.8 Å². The summed E-state index contributed by atoms with van der Waals surface area (Å²) in [7, 11) is 0. The Bertz CT molecular complexity index is 1800. The summed E-state index contributed by atoms with van der Waals surface area (Å²) in [4.78, 5) is 55.6. The number of nitrogens with zero attached hydrogens (tertiary/aromatic N) is 1. The molecule has 3 N–H and O–H groups in total. The molecule has 3 aromatic carbocycles. The Morgan fingerprint density at radius 1 is 0.870 bits per heavy atom. The quantitative estimate of drug-likeness (QED) is 0.132. The molecule has 1 fully saturated rings. The van der Waals surface area contributed by atoms with Gasteiger partial charge in [0.25, 0.3) is 0 Å². The maximum absolute atomic E-state index is 13.2. The summed E-state index contributed by atoms with van der Waals surface area (Å²) in [5.41, 5.74) is -0.386. The number of ether oxygens (including phenoxy) is 3. The third kappa shape index (κ3) is 7.40. The average molecular weight is 629 g/mol. The van der Waals surface area contributed by atoms with Crippen LogP contribution in [-0.4, -0.2) is 41.1 Å². The minimum atomic E-state index is -1.20. The molecule has 0 unspecified atom stereocenters. The number of esters is 1. The van der Waals surface area contributed by atoms with Crippen molar-refractivity contribution in [2.45, 2.75) is 46.1 Å². The van der Waals surface area contributed by atoms with Crippen molar-refractivity contribution in [3.05, 3.63) is 84.3 Å². The molecule has 12 heteroatoms. The molecule has 0 spiro atoms. The zero-order chi connectivity index (χ0) is 33.1. The second-order valence-electron chi connectivity index (χ2n) is 11.7. The highest BCUT2D eigenvalue weighted by Crippen LogP contribution is 2.47. The van der Waals surface area contributed by atoms with Gasteiger partial charge in [0.1, 0.15) is 28.3 Å². The van der Waals surface area contributed by atoms with Gasteiger partial charge in [-0.1, -0.05) is 0 Å². The SMILES string of the molecule is CCOC(=O)c1cc2c(Oc3ccc(NC(=O)C4(C(=O)Nc5ccc(F)cc5)CC4)cc3)ccnc2cc1NC(=O)OC(C)(C)C. The highest BCUT2D eigenvalue weighted by molar-refractivity contribution is 6.17. The molecule has 0 aliphatic heterocycles. The van der Waals surface area contributed by atoms with Crippen molar-refractivity contribution in [2.75, 3.05) is 22.6 Å². The molecule has 0 radical (unpaired) electrons. The molecular formula is C34H33FN4O7. The van der Waals surface area contributed by atoms with Crippen LogP contribution in [0.1, 0.15) is 50.9 Å². The molecule has 238 valence electrons. The van der Waals surface area contributed by atoms with E-state index in [9.17, 15) is 23.6 Å². The van der Waals surface area contributed by atoms with Gasteiger partial charge in [0.15, 0.2) is 0 Å². The number of benzene rings is 3. The molecule has 0 saturated heterocycles. The van der Waals surface area contributed by atoms with E-state index in [4.69, 9.17) is 14.2 Å². The molecular weight excluding hydrogens is 595 g/mol. The minimum absolute atomic E-state index is 0.0913. The monoisotopic (exact) mass is 628 g/mol. The van der Waals surface area contributed by atoms with Crippen LogP contribution in [0.3, 0.4) is 0 Å². The molecule has 46 heavy (non-hydrogen) atoms. The number of hydrogen-bond donors (Lipinski definition) is 3. The maximum atomic E-state index is 13.2. The van der Waals surface area contributed by atoms with E-state index >= 15 is 0 Å². The molecule has 0 bridgehead atoms. The highest BCUT2D eigenvalue weighted by Gasteiger charge is 2.56. The summed E-state index contributed by atoms with van der Waals surface area (Å²) >= 11 is 0. The molecule has 0 atom stereocenters. The Kier molecular flexibility index (Phi) is 8.90. The average Bonchev–Trinajstić information content (AvgIpc) is 3.81. The predicted octanol–water partition coefficient (Wildman–Crippen LogP) is 7.05.